The maximum Gasteiger partial charge on any atom is 0.0105 e. The number of nitrogens with zero attached hydrogens (tertiary/aromatic N) is 1. The molecule has 0 saturated heterocycles. The normalized spacial score (nSPS) is 11.4. The van der Waals surface area contributed by atoms with Crippen LogP contribution in [-0.4, -0.2) is 31.1 Å². The van der Waals surface area contributed by atoms with Gasteiger partial charge >= 0.3 is 0 Å². The van der Waals surface area contributed by atoms with E-state index in [1.807, 2.05) is 0 Å². The summed E-state index contributed by atoms with van der Waals surface area (Å²) in [6.45, 7) is 8.94. The summed E-state index contributed by atoms with van der Waals surface area (Å²) in [4.78, 5) is 2.55. The first kappa shape index (κ1) is 19.9. The lowest BCUT2D eigenvalue weighted by Gasteiger charge is -2.21. The Hall–Kier alpha value is -0.0800. The summed E-state index contributed by atoms with van der Waals surface area (Å²) in [5, 5.41) is 0. The molecule has 0 aromatic rings. The van der Waals surface area contributed by atoms with Crippen molar-refractivity contribution >= 4 is 0 Å². The smallest absolute Gasteiger partial charge is 0.0105 e. The van der Waals surface area contributed by atoms with Crippen molar-refractivity contribution in [3.05, 3.63) is 0 Å². The second-order valence-corrected chi connectivity index (χ2v) is 6.17. The zero-order valence-corrected chi connectivity index (χ0v) is 14.3. The lowest BCUT2D eigenvalue weighted by atomic mass is 10.1. The molecule has 2 N–H and O–H groups in total. The Morgan fingerprint density at radius 1 is 0.550 bits per heavy atom. The molecule has 0 aromatic carbocycles. The zero-order valence-electron chi connectivity index (χ0n) is 14.3. The van der Waals surface area contributed by atoms with Crippen molar-refractivity contribution in [3.63, 3.8) is 0 Å². The Morgan fingerprint density at radius 2 is 1.00 bits per heavy atom. The maximum atomic E-state index is 5.68. The Kier molecular flexibility index (Phi) is 16.9. The van der Waals surface area contributed by atoms with Crippen LogP contribution in [0.4, 0.5) is 0 Å². The van der Waals surface area contributed by atoms with Crippen LogP contribution in [0.3, 0.4) is 0 Å². The van der Waals surface area contributed by atoms with Crippen molar-refractivity contribution in [2.45, 2.75) is 90.9 Å². The average molecular weight is 285 g/mol. The van der Waals surface area contributed by atoms with Crippen LogP contribution in [0.25, 0.3) is 0 Å². The molecule has 0 fully saturated rings. The first-order valence-electron chi connectivity index (χ1n) is 9.27. The van der Waals surface area contributed by atoms with Crippen molar-refractivity contribution in [2.75, 3.05) is 26.2 Å². The van der Waals surface area contributed by atoms with Crippen LogP contribution >= 0.6 is 0 Å². The topological polar surface area (TPSA) is 29.3 Å². The molecule has 0 atom stereocenters. The molecule has 0 aromatic heterocycles. The van der Waals surface area contributed by atoms with Gasteiger partial charge in [-0.3, -0.25) is 0 Å². The number of rotatable bonds is 16. The first-order chi connectivity index (χ1) is 9.85. The Bertz CT molecular complexity index is 171. The van der Waals surface area contributed by atoms with E-state index in [1.165, 1.54) is 90.1 Å². The van der Waals surface area contributed by atoms with Crippen LogP contribution in [-0.2, 0) is 0 Å². The monoisotopic (exact) mass is 284 g/mol. The summed E-state index contributed by atoms with van der Waals surface area (Å²) in [7, 11) is 0. The van der Waals surface area contributed by atoms with Gasteiger partial charge in [0, 0.05) is 13.1 Å². The molecule has 0 unspecified atom stereocenters. The van der Waals surface area contributed by atoms with E-state index < -0.39 is 0 Å². The SMILES string of the molecule is CCCCCCCCCCCCN(CCN)CCCC. The van der Waals surface area contributed by atoms with E-state index in [-0.39, 0.29) is 0 Å². The van der Waals surface area contributed by atoms with E-state index in [4.69, 9.17) is 5.73 Å². The van der Waals surface area contributed by atoms with Gasteiger partial charge in [0.25, 0.3) is 0 Å². The third-order valence-electron chi connectivity index (χ3n) is 4.10. The largest absolute Gasteiger partial charge is 0.329 e. The predicted molar refractivity (Wildman–Crippen MR) is 92.2 cm³/mol. The molecule has 0 bridgehead atoms. The molecule has 2 heteroatoms. The van der Waals surface area contributed by atoms with Crippen LogP contribution in [0.1, 0.15) is 90.9 Å². The van der Waals surface area contributed by atoms with Crippen LogP contribution in [0.15, 0.2) is 0 Å². The lowest BCUT2D eigenvalue weighted by Crippen LogP contribution is -2.31. The van der Waals surface area contributed by atoms with E-state index in [1.54, 1.807) is 0 Å². The molecule has 0 saturated carbocycles. The molecule has 0 spiro atoms. The molecule has 20 heavy (non-hydrogen) atoms. The van der Waals surface area contributed by atoms with Gasteiger partial charge in [-0.25, -0.2) is 0 Å². The van der Waals surface area contributed by atoms with Gasteiger partial charge in [-0.05, 0) is 25.9 Å². The van der Waals surface area contributed by atoms with E-state index >= 15 is 0 Å². The summed E-state index contributed by atoms with van der Waals surface area (Å²) < 4.78 is 0. The highest BCUT2D eigenvalue weighted by Crippen LogP contribution is 2.10. The van der Waals surface area contributed by atoms with Crippen molar-refractivity contribution in [1.82, 2.24) is 4.90 Å². The minimum absolute atomic E-state index is 0.807. The highest BCUT2D eigenvalue weighted by molar-refractivity contribution is 4.59. The third kappa shape index (κ3) is 14.3. The van der Waals surface area contributed by atoms with Gasteiger partial charge in [0.1, 0.15) is 0 Å². The Morgan fingerprint density at radius 3 is 1.50 bits per heavy atom. The van der Waals surface area contributed by atoms with Gasteiger partial charge in [-0.2, -0.15) is 0 Å². The molecule has 122 valence electrons. The summed E-state index contributed by atoms with van der Waals surface area (Å²) in [5.74, 6) is 0. The van der Waals surface area contributed by atoms with Crippen LogP contribution in [0.2, 0.25) is 0 Å². The molecule has 2 nitrogen and oxygen atoms in total. The summed E-state index contributed by atoms with van der Waals surface area (Å²) in [6.07, 6.45) is 16.8. The van der Waals surface area contributed by atoms with Crippen molar-refractivity contribution < 1.29 is 0 Å². The van der Waals surface area contributed by atoms with Crippen molar-refractivity contribution in [2.24, 2.45) is 5.73 Å². The number of hydrogen-bond donors (Lipinski definition) is 1. The molecular weight excluding hydrogens is 244 g/mol. The fourth-order valence-corrected chi connectivity index (χ4v) is 2.72. The first-order valence-corrected chi connectivity index (χ1v) is 9.27. The molecule has 0 heterocycles. The van der Waals surface area contributed by atoms with Crippen LogP contribution in [0, 0.1) is 0 Å². The zero-order chi connectivity index (χ0) is 14.9. The van der Waals surface area contributed by atoms with Gasteiger partial charge in [0.05, 0.1) is 0 Å². The molecular formula is C18H40N2. The van der Waals surface area contributed by atoms with Crippen LogP contribution < -0.4 is 5.73 Å². The van der Waals surface area contributed by atoms with Gasteiger partial charge in [-0.15, -0.1) is 0 Å². The highest BCUT2D eigenvalue weighted by Gasteiger charge is 2.02. The highest BCUT2D eigenvalue weighted by atomic mass is 15.1. The van der Waals surface area contributed by atoms with Gasteiger partial charge < -0.3 is 10.6 Å². The minimum Gasteiger partial charge on any atom is -0.329 e. The van der Waals surface area contributed by atoms with Gasteiger partial charge in [0.15, 0.2) is 0 Å². The second-order valence-electron chi connectivity index (χ2n) is 6.17. The number of unbranched alkanes of at least 4 members (excludes halogenated alkanes) is 10. The third-order valence-corrected chi connectivity index (χ3v) is 4.10. The summed E-state index contributed by atoms with van der Waals surface area (Å²) in [6, 6.07) is 0. The number of nitrogens with two attached hydrogens (primary N) is 1. The summed E-state index contributed by atoms with van der Waals surface area (Å²) in [5.41, 5.74) is 5.68. The van der Waals surface area contributed by atoms with Gasteiger partial charge in [-0.1, -0.05) is 78.1 Å². The van der Waals surface area contributed by atoms with E-state index in [2.05, 4.69) is 18.7 Å². The quantitative estimate of drug-likeness (QED) is 0.406. The van der Waals surface area contributed by atoms with Crippen molar-refractivity contribution in [1.29, 1.82) is 0 Å². The van der Waals surface area contributed by atoms with Gasteiger partial charge in [0.2, 0.25) is 0 Å². The maximum absolute atomic E-state index is 5.68. The number of hydrogen-bond acceptors (Lipinski definition) is 2. The molecule has 0 rings (SSSR count). The van der Waals surface area contributed by atoms with E-state index in [9.17, 15) is 0 Å². The lowest BCUT2D eigenvalue weighted by molar-refractivity contribution is 0.269. The predicted octanol–water partition coefficient (Wildman–Crippen LogP) is 4.97. The van der Waals surface area contributed by atoms with Crippen molar-refractivity contribution in [3.8, 4) is 0 Å². The average Bonchev–Trinajstić information content (AvgIpc) is 2.46. The molecule has 0 aliphatic rings. The molecule has 0 radical (unpaired) electrons. The Labute approximate surface area is 128 Å². The molecule has 0 aliphatic heterocycles. The summed E-state index contributed by atoms with van der Waals surface area (Å²) >= 11 is 0. The second kappa shape index (κ2) is 17.0. The minimum atomic E-state index is 0.807. The Balaban J connectivity index is 3.27. The fraction of sp³-hybridized carbons (Fsp3) is 1.00. The van der Waals surface area contributed by atoms with E-state index in [0.29, 0.717) is 0 Å². The molecule has 0 amide bonds. The van der Waals surface area contributed by atoms with E-state index in [0.717, 1.165) is 13.1 Å². The van der Waals surface area contributed by atoms with Crippen LogP contribution in [0.5, 0.6) is 0 Å². The fourth-order valence-electron chi connectivity index (χ4n) is 2.72. The standard InChI is InChI=1S/C18H40N2/c1-3-5-7-8-9-10-11-12-13-14-17-20(18-15-19)16-6-4-2/h3-19H2,1-2H3. The molecule has 0 aliphatic carbocycles.